The van der Waals surface area contributed by atoms with E-state index in [1.165, 1.54) is 5.56 Å². The lowest BCUT2D eigenvalue weighted by Gasteiger charge is -2.19. The molecule has 0 amide bonds. The Labute approximate surface area is 111 Å². The molecule has 1 aliphatic rings. The minimum Gasteiger partial charge on any atom is -0.350 e. The Bertz CT molecular complexity index is 353. The Hall–Kier alpha value is -0.420. The lowest BCUT2D eigenvalue weighted by atomic mass is 10.0. The van der Waals surface area contributed by atoms with Gasteiger partial charge < -0.3 is 14.8 Å². The zero-order valence-electron chi connectivity index (χ0n) is 9.99. The van der Waals surface area contributed by atoms with Gasteiger partial charge in [-0.2, -0.15) is 0 Å². The molecule has 0 aliphatic carbocycles. The smallest absolute Gasteiger partial charge is 0.159 e. The summed E-state index contributed by atoms with van der Waals surface area (Å²) >= 11 is 3.49. The molecule has 17 heavy (non-hydrogen) atoms. The zero-order chi connectivity index (χ0) is 12.1. The average Bonchev–Trinajstić information content (AvgIpc) is 2.81. The Kier molecular flexibility index (Phi) is 4.98. The highest BCUT2D eigenvalue weighted by Crippen LogP contribution is 2.16. The van der Waals surface area contributed by atoms with Gasteiger partial charge in [0.05, 0.1) is 13.2 Å². The molecule has 1 saturated heterocycles. The van der Waals surface area contributed by atoms with E-state index in [9.17, 15) is 0 Å². The van der Waals surface area contributed by atoms with Crippen molar-refractivity contribution in [2.24, 2.45) is 0 Å². The van der Waals surface area contributed by atoms with E-state index in [0.29, 0.717) is 6.04 Å². The fourth-order valence-corrected chi connectivity index (χ4v) is 2.47. The van der Waals surface area contributed by atoms with E-state index in [2.05, 4.69) is 39.4 Å². The van der Waals surface area contributed by atoms with Crippen LogP contribution in [0.3, 0.4) is 0 Å². The van der Waals surface area contributed by atoms with E-state index < -0.39 is 0 Å². The van der Waals surface area contributed by atoms with Gasteiger partial charge in [-0.1, -0.05) is 28.1 Å². The molecule has 3 nitrogen and oxygen atoms in total. The molecule has 0 aromatic heterocycles. The SMILES string of the molecule is CNC(Cc1cccc(Br)c1)CC1OCCO1. The highest BCUT2D eigenvalue weighted by molar-refractivity contribution is 9.10. The molecule has 0 bridgehead atoms. The van der Waals surface area contributed by atoms with Crippen molar-refractivity contribution in [3.63, 3.8) is 0 Å². The number of halogens is 1. The maximum absolute atomic E-state index is 5.48. The van der Waals surface area contributed by atoms with Crippen molar-refractivity contribution in [1.82, 2.24) is 5.32 Å². The first-order valence-electron chi connectivity index (χ1n) is 5.93. The van der Waals surface area contributed by atoms with Crippen molar-refractivity contribution in [2.75, 3.05) is 20.3 Å². The summed E-state index contributed by atoms with van der Waals surface area (Å²) in [5.74, 6) is 0. The van der Waals surface area contributed by atoms with Gasteiger partial charge in [0.1, 0.15) is 0 Å². The summed E-state index contributed by atoms with van der Waals surface area (Å²) in [6.07, 6.45) is 1.84. The Balaban J connectivity index is 1.90. The first kappa shape index (κ1) is 13.0. The van der Waals surface area contributed by atoms with Gasteiger partial charge >= 0.3 is 0 Å². The summed E-state index contributed by atoms with van der Waals surface area (Å²) in [6, 6.07) is 8.79. The second-order valence-corrected chi connectivity index (χ2v) is 5.14. The molecule has 4 heteroatoms. The quantitative estimate of drug-likeness (QED) is 0.905. The molecule has 0 saturated carbocycles. The van der Waals surface area contributed by atoms with Gasteiger partial charge in [-0.3, -0.25) is 0 Å². The predicted molar refractivity (Wildman–Crippen MR) is 71.0 cm³/mol. The third kappa shape index (κ3) is 4.07. The van der Waals surface area contributed by atoms with Crippen LogP contribution >= 0.6 is 15.9 Å². The first-order chi connectivity index (χ1) is 8.28. The molecule has 94 valence electrons. The van der Waals surface area contributed by atoms with Crippen LogP contribution in [0.1, 0.15) is 12.0 Å². The molecule has 1 heterocycles. The fraction of sp³-hybridized carbons (Fsp3) is 0.538. The maximum atomic E-state index is 5.48. The van der Waals surface area contributed by atoms with Gasteiger partial charge in [-0.05, 0) is 31.2 Å². The first-order valence-corrected chi connectivity index (χ1v) is 6.72. The molecular weight excluding hydrogens is 282 g/mol. The highest BCUT2D eigenvalue weighted by atomic mass is 79.9. The van der Waals surface area contributed by atoms with Gasteiger partial charge in [-0.15, -0.1) is 0 Å². The van der Waals surface area contributed by atoms with E-state index in [0.717, 1.165) is 30.5 Å². The van der Waals surface area contributed by atoms with Crippen LogP contribution in [0.4, 0.5) is 0 Å². The second-order valence-electron chi connectivity index (χ2n) is 4.23. The van der Waals surface area contributed by atoms with Crippen molar-refractivity contribution in [3.8, 4) is 0 Å². The van der Waals surface area contributed by atoms with Crippen molar-refractivity contribution in [2.45, 2.75) is 25.2 Å². The monoisotopic (exact) mass is 299 g/mol. The maximum Gasteiger partial charge on any atom is 0.159 e. The van der Waals surface area contributed by atoms with E-state index in [4.69, 9.17) is 9.47 Å². The van der Waals surface area contributed by atoms with E-state index in [-0.39, 0.29) is 6.29 Å². The number of nitrogens with one attached hydrogen (secondary N) is 1. The van der Waals surface area contributed by atoms with Gasteiger partial charge in [0.25, 0.3) is 0 Å². The minimum absolute atomic E-state index is 0.0420. The molecule has 1 aromatic carbocycles. The van der Waals surface area contributed by atoms with Crippen molar-refractivity contribution < 1.29 is 9.47 Å². The van der Waals surface area contributed by atoms with Crippen molar-refractivity contribution in [1.29, 1.82) is 0 Å². The lowest BCUT2D eigenvalue weighted by Crippen LogP contribution is -2.32. The molecule has 2 rings (SSSR count). The molecule has 0 spiro atoms. The van der Waals surface area contributed by atoms with Crippen LogP contribution in [-0.2, 0) is 15.9 Å². The number of rotatable bonds is 5. The number of benzene rings is 1. The Morgan fingerprint density at radius 3 is 2.82 bits per heavy atom. The lowest BCUT2D eigenvalue weighted by molar-refractivity contribution is -0.0522. The molecule has 1 unspecified atom stereocenters. The summed E-state index contributed by atoms with van der Waals surface area (Å²) in [6.45, 7) is 1.44. The van der Waals surface area contributed by atoms with E-state index >= 15 is 0 Å². The summed E-state index contributed by atoms with van der Waals surface area (Å²) in [4.78, 5) is 0. The van der Waals surface area contributed by atoms with E-state index in [1.54, 1.807) is 0 Å². The Morgan fingerprint density at radius 1 is 1.41 bits per heavy atom. The van der Waals surface area contributed by atoms with Gasteiger partial charge in [0, 0.05) is 16.9 Å². The molecule has 1 atom stereocenters. The second kappa shape index (κ2) is 6.50. The molecule has 0 radical (unpaired) electrons. The topological polar surface area (TPSA) is 30.5 Å². The van der Waals surface area contributed by atoms with Crippen LogP contribution in [-0.4, -0.2) is 32.6 Å². The predicted octanol–water partition coefficient (Wildman–Crippen LogP) is 2.34. The summed E-state index contributed by atoms with van der Waals surface area (Å²) in [5, 5.41) is 3.32. The summed E-state index contributed by atoms with van der Waals surface area (Å²) < 4.78 is 12.1. The molecule has 1 aromatic rings. The van der Waals surface area contributed by atoms with Crippen LogP contribution in [0.25, 0.3) is 0 Å². The largest absolute Gasteiger partial charge is 0.350 e. The van der Waals surface area contributed by atoms with Gasteiger partial charge in [0.15, 0.2) is 6.29 Å². The van der Waals surface area contributed by atoms with Gasteiger partial charge in [-0.25, -0.2) is 0 Å². The molecule has 1 N–H and O–H groups in total. The highest BCUT2D eigenvalue weighted by Gasteiger charge is 2.20. The molecule has 1 fully saturated rings. The number of hydrogen-bond acceptors (Lipinski definition) is 3. The zero-order valence-corrected chi connectivity index (χ0v) is 11.6. The molecular formula is C13H18BrNO2. The Morgan fingerprint density at radius 2 is 2.18 bits per heavy atom. The number of ether oxygens (including phenoxy) is 2. The van der Waals surface area contributed by atoms with Crippen LogP contribution in [0.5, 0.6) is 0 Å². The van der Waals surface area contributed by atoms with Crippen LogP contribution < -0.4 is 5.32 Å². The van der Waals surface area contributed by atoms with Crippen LogP contribution in [0.15, 0.2) is 28.7 Å². The molecule has 1 aliphatic heterocycles. The van der Waals surface area contributed by atoms with E-state index in [1.807, 2.05) is 13.1 Å². The van der Waals surface area contributed by atoms with Crippen LogP contribution in [0.2, 0.25) is 0 Å². The van der Waals surface area contributed by atoms with Crippen molar-refractivity contribution >= 4 is 15.9 Å². The summed E-state index contributed by atoms with van der Waals surface area (Å²) in [5.41, 5.74) is 1.32. The number of likely N-dealkylation sites (N-methyl/N-ethyl adjacent to an activating group) is 1. The van der Waals surface area contributed by atoms with Gasteiger partial charge in [0.2, 0.25) is 0 Å². The third-order valence-corrected chi connectivity index (χ3v) is 3.44. The number of hydrogen-bond donors (Lipinski definition) is 1. The minimum atomic E-state index is -0.0420. The third-order valence-electron chi connectivity index (χ3n) is 2.95. The fourth-order valence-electron chi connectivity index (χ4n) is 2.03. The standard InChI is InChI=1S/C13H18BrNO2/c1-15-12(9-13-16-5-6-17-13)8-10-3-2-4-11(14)7-10/h2-4,7,12-13,15H,5-6,8-9H2,1H3. The normalized spacial score (nSPS) is 18.5. The summed E-state index contributed by atoms with van der Waals surface area (Å²) in [7, 11) is 1.98. The average molecular weight is 300 g/mol. The van der Waals surface area contributed by atoms with Crippen molar-refractivity contribution in [3.05, 3.63) is 34.3 Å². The van der Waals surface area contributed by atoms with Crippen LogP contribution in [0, 0.1) is 0 Å².